The zero-order chi connectivity index (χ0) is 24.4. The molecule has 0 bridgehead atoms. The zero-order valence-corrected chi connectivity index (χ0v) is 22.0. The molecule has 0 unspecified atom stereocenters. The SMILES string of the molecule is O=C(NO)[C@H](CCCCc1c[nH]c2ccccc12)[As]S(=O)(=O)c1ccc2c3c(oc2c1)CCCC3. The van der Waals surface area contributed by atoms with Crippen molar-refractivity contribution in [2.75, 3.05) is 0 Å². The summed E-state index contributed by atoms with van der Waals surface area (Å²) in [5.74, 6) is 0.331. The van der Waals surface area contributed by atoms with Gasteiger partial charge in [-0.1, -0.05) is 0 Å². The molecule has 0 spiro atoms. The van der Waals surface area contributed by atoms with E-state index in [2.05, 4.69) is 11.1 Å². The molecule has 4 aromatic rings. The third-order valence-electron chi connectivity index (χ3n) is 6.75. The Labute approximate surface area is 209 Å². The number of carbonyl (C=O) groups excluding carboxylic acids is 1. The maximum atomic E-state index is 13.2. The molecular weight excluding hydrogens is 527 g/mol. The van der Waals surface area contributed by atoms with Crippen LogP contribution in [0.4, 0.5) is 0 Å². The normalized spacial score (nSPS) is 15.1. The van der Waals surface area contributed by atoms with Crippen molar-refractivity contribution in [2.24, 2.45) is 0 Å². The zero-order valence-electron chi connectivity index (χ0n) is 19.3. The quantitative estimate of drug-likeness (QED) is 0.118. The predicted octanol–water partition coefficient (Wildman–Crippen LogP) is 4.89. The third-order valence-corrected chi connectivity index (χ3v) is 13.8. The average Bonchev–Trinajstić information content (AvgIpc) is 3.46. The summed E-state index contributed by atoms with van der Waals surface area (Å²) in [6.45, 7) is 0. The van der Waals surface area contributed by atoms with Crippen LogP contribution in [0.15, 0.2) is 58.0 Å². The van der Waals surface area contributed by atoms with Gasteiger partial charge in [0.2, 0.25) is 0 Å². The van der Waals surface area contributed by atoms with E-state index in [1.807, 2.05) is 30.5 Å². The van der Waals surface area contributed by atoms with Crippen LogP contribution in [0.3, 0.4) is 0 Å². The molecule has 0 aliphatic heterocycles. The van der Waals surface area contributed by atoms with Gasteiger partial charge < -0.3 is 0 Å². The molecule has 1 atom stereocenters. The van der Waals surface area contributed by atoms with Crippen LogP contribution >= 0.6 is 0 Å². The summed E-state index contributed by atoms with van der Waals surface area (Å²) in [4.78, 5) is 15.8. The number of H-pyrrole nitrogens is 1. The Kier molecular flexibility index (Phi) is 7.05. The number of para-hydroxylation sites is 1. The summed E-state index contributed by atoms with van der Waals surface area (Å²) in [7, 11) is -3.66. The van der Waals surface area contributed by atoms with Gasteiger partial charge in [-0.3, -0.25) is 0 Å². The standard InChI is InChI=1S/C26H28AsN2O5S/c30-26(29-31)22(10-4-1-7-17-16-28-23-11-5-2-8-19(17)23)27-35(32,33)18-13-14-21-20-9-3-6-12-24(20)34-25(21)15-18/h2,5,8,11,13-16,22,28,31H,1,3-4,6-7,9-10,12H2,(H,29,30)/t22-/m0/s1. The molecule has 0 fully saturated rings. The molecule has 183 valence electrons. The molecule has 2 aromatic carbocycles. The maximum absolute atomic E-state index is 13.2. The van der Waals surface area contributed by atoms with Crippen molar-refractivity contribution in [3.05, 3.63) is 65.5 Å². The van der Waals surface area contributed by atoms with Crippen LogP contribution in [-0.4, -0.2) is 39.1 Å². The van der Waals surface area contributed by atoms with Crippen LogP contribution in [0.5, 0.6) is 0 Å². The fraction of sp³-hybridized carbons (Fsp3) is 0.346. The molecule has 2 aromatic heterocycles. The Hall–Kier alpha value is -2.54. The van der Waals surface area contributed by atoms with Crippen LogP contribution in [0.1, 0.15) is 49.0 Å². The molecule has 35 heavy (non-hydrogen) atoms. The number of hydrogen-bond acceptors (Lipinski definition) is 5. The van der Waals surface area contributed by atoms with E-state index in [1.165, 1.54) is 16.5 Å². The predicted molar refractivity (Wildman–Crippen MR) is 135 cm³/mol. The van der Waals surface area contributed by atoms with Crippen LogP contribution in [0, 0.1) is 0 Å². The molecule has 7 nitrogen and oxygen atoms in total. The summed E-state index contributed by atoms with van der Waals surface area (Å²) in [6, 6.07) is 13.2. The number of fused-ring (bicyclic) bond motifs is 4. The molecule has 5 rings (SSSR count). The Morgan fingerprint density at radius 1 is 1.11 bits per heavy atom. The molecule has 1 aliphatic rings. The van der Waals surface area contributed by atoms with E-state index in [4.69, 9.17) is 4.42 Å². The Morgan fingerprint density at radius 3 is 2.80 bits per heavy atom. The first-order valence-corrected chi connectivity index (χ1v) is 16.8. The number of unbranched alkanes of at least 4 members (excludes halogenated alkanes) is 1. The number of aromatic nitrogens is 1. The monoisotopic (exact) mass is 555 g/mol. The first kappa shape index (κ1) is 24.2. The number of hydroxylamine groups is 1. The summed E-state index contributed by atoms with van der Waals surface area (Å²) < 4.78 is 31.7. The second kappa shape index (κ2) is 10.2. The van der Waals surface area contributed by atoms with Gasteiger partial charge in [0.15, 0.2) is 0 Å². The van der Waals surface area contributed by atoms with Gasteiger partial charge in [-0.25, -0.2) is 0 Å². The molecule has 9 heteroatoms. The van der Waals surface area contributed by atoms with Crippen molar-refractivity contribution < 1.29 is 22.8 Å². The Balaban J connectivity index is 1.26. The van der Waals surface area contributed by atoms with Gasteiger partial charge in [0.05, 0.1) is 0 Å². The molecule has 2 heterocycles. The number of furan rings is 1. The molecule has 0 saturated carbocycles. The van der Waals surface area contributed by atoms with Crippen molar-refractivity contribution in [3.8, 4) is 0 Å². The number of aromatic amines is 1. The van der Waals surface area contributed by atoms with E-state index in [0.717, 1.165) is 55.2 Å². The van der Waals surface area contributed by atoms with E-state index in [9.17, 15) is 18.4 Å². The number of nitrogens with one attached hydrogen (secondary N) is 2. The van der Waals surface area contributed by atoms with Crippen molar-refractivity contribution in [3.63, 3.8) is 0 Å². The second-order valence-electron chi connectivity index (χ2n) is 9.05. The van der Waals surface area contributed by atoms with E-state index in [-0.39, 0.29) is 4.90 Å². The van der Waals surface area contributed by atoms with Crippen molar-refractivity contribution in [2.45, 2.75) is 61.0 Å². The number of rotatable bonds is 9. The van der Waals surface area contributed by atoms with Crippen LogP contribution in [0.2, 0.25) is 4.71 Å². The second-order valence-corrected chi connectivity index (χ2v) is 16.3. The van der Waals surface area contributed by atoms with Crippen LogP contribution < -0.4 is 5.48 Å². The Bertz CT molecular complexity index is 1470. The molecule has 0 saturated heterocycles. The van der Waals surface area contributed by atoms with Gasteiger partial charge in [0.25, 0.3) is 0 Å². The molecular formula is C26H28AsN2O5S. The summed E-state index contributed by atoms with van der Waals surface area (Å²) in [6.07, 6.45) is 8.79. The van der Waals surface area contributed by atoms with Crippen molar-refractivity contribution >= 4 is 50.5 Å². The first-order chi connectivity index (χ1) is 17.0. The van der Waals surface area contributed by atoms with Gasteiger partial charge >= 0.3 is 210 Å². The number of benzene rings is 2. The number of amides is 1. The molecule has 1 amide bonds. The van der Waals surface area contributed by atoms with E-state index < -0.39 is 33.3 Å². The minimum atomic E-state index is -3.66. The van der Waals surface area contributed by atoms with Crippen molar-refractivity contribution in [1.82, 2.24) is 10.5 Å². The first-order valence-electron chi connectivity index (χ1n) is 12.0. The van der Waals surface area contributed by atoms with Gasteiger partial charge in [0.1, 0.15) is 0 Å². The molecule has 1 aliphatic carbocycles. The summed E-state index contributed by atoms with van der Waals surface area (Å²) in [5.41, 5.74) is 5.76. The number of aryl methyl sites for hydroxylation is 3. The van der Waals surface area contributed by atoms with Crippen molar-refractivity contribution in [1.29, 1.82) is 0 Å². The van der Waals surface area contributed by atoms with Crippen LogP contribution in [0.25, 0.3) is 21.9 Å². The molecule has 3 N–H and O–H groups in total. The third kappa shape index (κ3) is 5.06. The average molecular weight is 556 g/mol. The fourth-order valence-corrected chi connectivity index (χ4v) is 11.4. The van der Waals surface area contributed by atoms with E-state index in [1.54, 1.807) is 17.6 Å². The summed E-state index contributed by atoms with van der Waals surface area (Å²) in [5, 5.41) is 11.4. The Morgan fingerprint density at radius 2 is 1.94 bits per heavy atom. The van der Waals surface area contributed by atoms with Gasteiger partial charge in [-0.05, 0) is 0 Å². The topological polar surface area (TPSA) is 112 Å². The molecule has 1 radical (unpaired) electrons. The van der Waals surface area contributed by atoms with E-state index in [0.29, 0.717) is 18.4 Å². The van der Waals surface area contributed by atoms with Gasteiger partial charge in [0, 0.05) is 0 Å². The van der Waals surface area contributed by atoms with Gasteiger partial charge in [-0.2, -0.15) is 0 Å². The minimum absolute atomic E-state index is 0.186. The van der Waals surface area contributed by atoms with Crippen LogP contribution in [-0.2, 0) is 32.2 Å². The number of hydrogen-bond donors (Lipinski definition) is 3. The summed E-state index contributed by atoms with van der Waals surface area (Å²) >= 11 is -1.42. The van der Waals surface area contributed by atoms with Gasteiger partial charge in [-0.15, -0.1) is 0 Å². The fourth-order valence-electron chi connectivity index (χ4n) is 4.93. The number of carbonyl (C=O) groups is 1. The van der Waals surface area contributed by atoms with E-state index >= 15 is 0 Å².